The largest absolute Gasteiger partial charge is 0.380 e. The van der Waals surface area contributed by atoms with E-state index >= 15 is 0 Å². The summed E-state index contributed by atoms with van der Waals surface area (Å²) in [7, 11) is 5.74. The van der Waals surface area contributed by atoms with Crippen molar-refractivity contribution in [1.29, 1.82) is 0 Å². The molecule has 0 unspecified atom stereocenters. The minimum atomic E-state index is 0. The number of guanidine groups is 1. The second-order valence-corrected chi connectivity index (χ2v) is 6.42. The molecule has 2 aromatic rings. The highest BCUT2D eigenvalue weighted by Crippen LogP contribution is 2.15. The molecule has 0 aliphatic heterocycles. The maximum Gasteiger partial charge on any atom is 0.194 e. The molecule has 0 bridgehead atoms. The lowest BCUT2D eigenvalue weighted by Gasteiger charge is -2.22. The van der Waals surface area contributed by atoms with Crippen molar-refractivity contribution in [2.75, 3.05) is 20.7 Å². The molecular weight excluding hydrogens is 463 g/mol. The summed E-state index contributed by atoms with van der Waals surface area (Å²) in [5.41, 5.74) is 3.48. The number of ether oxygens (including phenoxy) is 1. The molecule has 26 heavy (non-hydrogen) atoms. The van der Waals surface area contributed by atoms with Crippen LogP contribution in [0.4, 0.5) is 0 Å². The lowest BCUT2D eigenvalue weighted by Crippen LogP contribution is -2.38. The third-order valence-electron chi connectivity index (χ3n) is 3.99. The zero-order chi connectivity index (χ0) is 18.2. The first-order valence-electron chi connectivity index (χ1n) is 8.41. The van der Waals surface area contributed by atoms with Gasteiger partial charge in [0.2, 0.25) is 0 Å². The van der Waals surface area contributed by atoms with Crippen LogP contribution in [0.15, 0.2) is 41.5 Å². The van der Waals surface area contributed by atoms with Crippen LogP contribution in [0, 0.1) is 0 Å². The fourth-order valence-corrected chi connectivity index (χ4v) is 2.95. The smallest absolute Gasteiger partial charge is 0.194 e. The molecule has 0 aliphatic carbocycles. The Bertz CT molecular complexity index is 717. The van der Waals surface area contributed by atoms with Gasteiger partial charge < -0.3 is 19.5 Å². The number of halogens is 2. The van der Waals surface area contributed by atoms with E-state index in [0.717, 1.165) is 29.8 Å². The summed E-state index contributed by atoms with van der Waals surface area (Å²) in [5, 5.41) is 4.10. The molecule has 0 saturated carbocycles. The van der Waals surface area contributed by atoms with Gasteiger partial charge in [-0.15, -0.1) is 24.0 Å². The van der Waals surface area contributed by atoms with E-state index < -0.39 is 0 Å². The zero-order valence-electron chi connectivity index (χ0n) is 15.8. The molecule has 1 aromatic carbocycles. The number of nitrogens with one attached hydrogen (secondary N) is 1. The number of aromatic nitrogens is 1. The number of hydrogen-bond acceptors (Lipinski definition) is 2. The van der Waals surface area contributed by atoms with E-state index in [1.54, 1.807) is 7.11 Å². The Kier molecular flexibility index (Phi) is 10.0. The summed E-state index contributed by atoms with van der Waals surface area (Å²) in [5.74, 6) is 0.868. The average molecular weight is 491 g/mol. The van der Waals surface area contributed by atoms with Gasteiger partial charge in [0.05, 0.1) is 24.7 Å². The molecule has 7 heteroatoms. The molecule has 1 N–H and O–H groups in total. The van der Waals surface area contributed by atoms with Gasteiger partial charge in [0.1, 0.15) is 0 Å². The van der Waals surface area contributed by atoms with Crippen molar-refractivity contribution in [3.8, 4) is 0 Å². The number of aryl methyl sites for hydroxylation is 1. The van der Waals surface area contributed by atoms with Gasteiger partial charge in [-0.05, 0) is 24.1 Å². The van der Waals surface area contributed by atoms with Crippen molar-refractivity contribution < 1.29 is 4.74 Å². The van der Waals surface area contributed by atoms with Crippen LogP contribution in [-0.2, 0) is 31.5 Å². The fraction of sp³-hybridized carbons (Fsp3) is 0.421. The summed E-state index contributed by atoms with van der Waals surface area (Å²) in [6.45, 7) is 4.83. The van der Waals surface area contributed by atoms with Crippen LogP contribution in [0.25, 0.3) is 0 Å². The first-order chi connectivity index (χ1) is 12.0. The molecule has 0 aliphatic rings. The van der Waals surface area contributed by atoms with Crippen molar-refractivity contribution in [2.24, 2.45) is 12.0 Å². The molecule has 0 radical (unpaired) electrons. The van der Waals surface area contributed by atoms with Crippen molar-refractivity contribution in [2.45, 2.75) is 26.6 Å². The lowest BCUT2D eigenvalue weighted by molar-refractivity contribution is 0.184. The summed E-state index contributed by atoms with van der Waals surface area (Å²) in [4.78, 5) is 6.90. The predicted molar refractivity (Wildman–Crippen MR) is 119 cm³/mol. The lowest BCUT2D eigenvalue weighted by atomic mass is 10.1. The first-order valence-corrected chi connectivity index (χ1v) is 8.78. The molecule has 144 valence electrons. The standard InChI is InChI=1S/C19H27ClN4O.HI/c1-5-21-19(24(3)13-18-10-17(20)12-23(18)2)22-11-15-8-6-7-9-16(15)14-25-4;/h6-10,12H,5,11,13-14H2,1-4H3,(H,21,22);1H. The van der Waals surface area contributed by atoms with Gasteiger partial charge >= 0.3 is 0 Å². The Morgan fingerprint density at radius 3 is 2.58 bits per heavy atom. The molecular formula is C19H28ClIN4O. The topological polar surface area (TPSA) is 41.8 Å². The van der Waals surface area contributed by atoms with Crippen molar-refractivity contribution in [3.05, 3.63) is 58.4 Å². The molecule has 2 rings (SSSR count). The van der Waals surface area contributed by atoms with Crippen LogP contribution >= 0.6 is 35.6 Å². The van der Waals surface area contributed by atoms with Gasteiger partial charge in [-0.1, -0.05) is 35.9 Å². The molecule has 5 nitrogen and oxygen atoms in total. The van der Waals surface area contributed by atoms with Crippen LogP contribution in [0.1, 0.15) is 23.7 Å². The SMILES string of the molecule is CCNC(=NCc1ccccc1COC)N(C)Cc1cc(Cl)cn1C.I. The maximum absolute atomic E-state index is 6.08. The molecule has 0 spiro atoms. The van der Waals surface area contributed by atoms with Crippen LogP contribution in [0.2, 0.25) is 5.02 Å². The molecule has 1 aromatic heterocycles. The number of methoxy groups -OCH3 is 1. The van der Waals surface area contributed by atoms with Crippen LogP contribution in [0.5, 0.6) is 0 Å². The van der Waals surface area contributed by atoms with E-state index in [9.17, 15) is 0 Å². The Labute approximate surface area is 178 Å². The van der Waals surface area contributed by atoms with E-state index in [4.69, 9.17) is 21.3 Å². The molecule has 0 amide bonds. The van der Waals surface area contributed by atoms with Crippen LogP contribution < -0.4 is 5.32 Å². The molecule has 0 saturated heterocycles. The second-order valence-electron chi connectivity index (χ2n) is 5.99. The van der Waals surface area contributed by atoms with E-state index in [1.807, 2.05) is 43.1 Å². The Morgan fingerprint density at radius 1 is 1.31 bits per heavy atom. The van der Waals surface area contributed by atoms with Gasteiger partial charge in [-0.3, -0.25) is 0 Å². The van der Waals surface area contributed by atoms with Gasteiger partial charge in [0, 0.05) is 39.6 Å². The van der Waals surface area contributed by atoms with Crippen LogP contribution in [-0.4, -0.2) is 36.1 Å². The summed E-state index contributed by atoms with van der Waals surface area (Å²) < 4.78 is 7.31. The highest BCUT2D eigenvalue weighted by Gasteiger charge is 2.10. The highest BCUT2D eigenvalue weighted by molar-refractivity contribution is 14.0. The monoisotopic (exact) mass is 490 g/mol. The average Bonchev–Trinajstić information content (AvgIpc) is 2.90. The number of nitrogens with zero attached hydrogens (tertiary/aromatic N) is 3. The Morgan fingerprint density at radius 2 is 2.00 bits per heavy atom. The predicted octanol–water partition coefficient (Wildman–Crippen LogP) is 4.04. The normalized spacial score (nSPS) is 11.2. The van der Waals surface area contributed by atoms with E-state index in [-0.39, 0.29) is 24.0 Å². The Hall–Kier alpha value is -1.25. The van der Waals surface area contributed by atoms with Crippen molar-refractivity contribution >= 4 is 41.5 Å². The summed E-state index contributed by atoms with van der Waals surface area (Å²) >= 11 is 6.08. The summed E-state index contributed by atoms with van der Waals surface area (Å²) in [6.07, 6.45) is 1.91. The van der Waals surface area contributed by atoms with E-state index in [0.29, 0.717) is 13.2 Å². The molecule has 0 fully saturated rings. The third kappa shape index (κ3) is 6.48. The fourth-order valence-electron chi connectivity index (χ4n) is 2.68. The number of benzene rings is 1. The highest BCUT2D eigenvalue weighted by atomic mass is 127. The van der Waals surface area contributed by atoms with Gasteiger partial charge in [0.15, 0.2) is 5.96 Å². The van der Waals surface area contributed by atoms with Gasteiger partial charge in [-0.25, -0.2) is 4.99 Å². The van der Waals surface area contributed by atoms with E-state index in [1.165, 1.54) is 11.1 Å². The minimum Gasteiger partial charge on any atom is -0.380 e. The van der Waals surface area contributed by atoms with Crippen LogP contribution in [0.3, 0.4) is 0 Å². The minimum absolute atomic E-state index is 0. The van der Waals surface area contributed by atoms with Crippen molar-refractivity contribution in [1.82, 2.24) is 14.8 Å². The third-order valence-corrected chi connectivity index (χ3v) is 4.19. The second kappa shape index (κ2) is 11.5. The van der Waals surface area contributed by atoms with E-state index in [2.05, 4.69) is 29.3 Å². The van der Waals surface area contributed by atoms with Crippen molar-refractivity contribution in [3.63, 3.8) is 0 Å². The quantitative estimate of drug-likeness (QED) is 0.362. The molecule has 1 heterocycles. The van der Waals surface area contributed by atoms with Gasteiger partial charge in [0.25, 0.3) is 0 Å². The van der Waals surface area contributed by atoms with Gasteiger partial charge in [-0.2, -0.15) is 0 Å². The number of hydrogen-bond donors (Lipinski definition) is 1. The maximum atomic E-state index is 6.08. The summed E-state index contributed by atoms with van der Waals surface area (Å²) in [6, 6.07) is 10.2. The Balaban J connectivity index is 0.00000338. The zero-order valence-corrected chi connectivity index (χ0v) is 18.9. The number of rotatable bonds is 7. The molecule has 0 atom stereocenters. The first kappa shape index (κ1) is 22.8. The number of aliphatic imine (C=N–C) groups is 1.